The Morgan fingerprint density at radius 1 is 1.28 bits per heavy atom. The van der Waals surface area contributed by atoms with Crippen molar-refractivity contribution in [2.75, 3.05) is 14.2 Å². The highest BCUT2D eigenvalue weighted by Crippen LogP contribution is 2.34. The monoisotopic (exact) mass is 267 g/mol. The molecule has 96 valence electrons. The number of thioether (sulfide) groups is 1. The average molecular weight is 267 g/mol. The van der Waals surface area contributed by atoms with Crippen molar-refractivity contribution in [2.24, 2.45) is 0 Å². The summed E-state index contributed by atoms with van der Waals surface area (Å²) in [5.74, 6) is 0.965. The van der Waals surface area contributed by atoms with E-state index >= 15 is 0 Å². The highest BCUT2D eigenvalue weighted by atomic mass is 32.2. The van der Waals surface area contributed by atoms with Crippen LogP contribution in [0.4, 0.5) is 4.79 Å². The molecular formula is C12H13NO4S. The quantitative estimate of drug-likeness (QED) is 0.897. The molecule has 1 aromatic carbocycles. The van der Waals surface area contributed by atoms with E-state index < -0.39 is 5.25 Å². The number of para-hydroxylation sites is 1. The van der Waals surface area contributed by atoms with E-state index in [2.05, 4.69) is 5.32 Å². The Morgan fingerprint density at radius 2 is 2.06 bits per heavy atom. The number of rotatable bonds is 4. The van der Waals surface area contributed by atoms with E-state index in [1.165, 1.54) is 0 Å². The van der Waals surface area contributed by atoms with Gasteiger partial charge in [-0.3, -0.25) is 14.9 Å². The fraction of sp³-hybridized carbons (Fsp3) is 0.333. The minimum atomic E-state index is -0.404. The van der Waals surface area contributed by atoms with Crippen LogP contribution in [0.1, 0.15) is 5.56 Å². The van der Waals surface area contributed by atoms with Crippen LogP contribution in [0.3, 0.4) is 0 Å². The van der Waals surface area contributed by atoms with Crippen molar-refractivity contribution >= 4 is 22.9 Å². The van der Waals surface area contributed by atoms with Crippen LogP contribution in [-0.4, -0.2) is 30.6 Å². The van der Waals surface area contributed by atoms with Crippen LogP contribution in [0, 0.1) is 0 Å². The summed E-state index contributed by atoms with van der Waals surface area (Å²) in [6.07, 6.45) is 0.433. The molecule has 0 aromatic heterocycles. The highest BCUT2D eigenvalue weighted by molar-refractivity contribution is 8.15. The Hall–Kier alpha value is -1.69. The van der Waals surface area contributed by atoms with Crippen LogP contribution in [-0.2, 0) is 11.2 Å². The van der Waals surface area contributed by atoms with E-state index in [0.717, 1.165) is 17.3 Å². The molecule has 0 radical (unpaired) electrons. The van der Waals surface area contributed by atoms with Crippen LogP contribution >= 0.6 is 11.8 Å². The lowest BCUT2D eigenvalue weighted by atomic mass is 10.1. The summed E-state index contributed by atoms with van der Waals surface area (Å²) in [6, 6.07) is 5.48. The Kier molecular flexibility index (Phi) is 3.76. The van der Waals surface area contributed by atoms with Gasteiger partial charge >= 0.3 is 0 Å². The number of hydrogen-bond donors (Lipinski definition) is 1. The molecule has 1 heterocycles. The van der Waals surface area contributed by atoms with Crippen molar-refractivity contribution in [3.05, 3.63) is 23.8 Å². The predicted molar refractivity (Wildman–Crippen MR) is 68.2 cm³/mol. The van der Waals surface area contributed by atoms with Crippen LogP contribution in [0.15, 0.2) is 18.2 Å². The number of carbonyl (C=O) groups is 2. The van der Waals surface area contributed by atoms with Gasteiger partial charge in [0.05, 0.1) is 19.5 Å². The molecule has 0 aliphatic carbocycles. The van der Waals surface area contributed by atoms with Crippen LogP contribution in [0.25, 0.3) is 0 Å². The molecule has 1 N–H and O–H groups in total. The summed E-state index contributed by atoms with van der Waals surface area (Å²) in [4.78, 5) is 22.6. The number of carbonyl (C=O) groups excluding carboxylic acids is 2. The summed E-state index contributed by atoms with van der Waals surface area (Å²) < 4.78 is 10.5. The number of hydrogen-bond acceptors (Lipinski definition) is 5. The third-order valence-electron chi connectivity index (χ3n) is 2.66. The second-order valence-electron chi connectivity index (χ2n) is 3.74. The molecule has 2 amide bonds. The minimum absolute atomic E-state index is 0.255. The van der Waals surface area contributed by atoms with Gasteiger partial charge in [0, 0.05) is 0 Å². The molecule has 5 nitrogen and oxygen atoms in total. The molecular weight excluding hydrogens is 254 g/mol. The summed E-state index contributed by atoms with van der Waals surface area (Å²) >= 11 is 1.01. The zero-order chi connectivity index (χ0) is 13.1. The zero-order valence-corrected chi connectivity index (χ0v) is 10.9. The molecule has 2 rings (SSSR count). The van der Waals surface area contributed by atoms with Crippen LogP contribution in [0.2, 0.25) is 0 Å². The number of imide groups is 1. The molecule has 1 unspecified atom stereocenters. The molecule has 1 saturated heterocycles. The molecule has 0 spiro atoms. The van der Waals surface area contributed by atoms with Gasteiger partial charge in [0.15, 0.2) is 11.5 Å². The number of ether oxygens (including phenoxy) is 2. The SMILES string of the molecule is COc1cccc(CC2SC(=O)NC2=O)c1OC. The van der Waals surface area contributed by atoms with E-state index in [9.17, 15) is 9.59 Å². The first-order valence-corrected chi connectivity index (χ1v) is 6.25. The van der Waals surface area contributed by atoms with Gasteiger partial charge in [-0.2, -0.15) is 0 Å². The average Bonchev–Trinajstić information content (AvgIpc) is 2.67. The van der Waals surface area contributed by atoms with Gasteiger partial charge in [-0.25, -0.2) is 0 Å². The van der Waals surface area contributed by atoms with Gasteiger partial charge in [0.1, 0.15) is 0 Å². The predicted octanol–water partition coefficient (Wildman–Crippen LogP) is 1.60. The molecule has 1 aromatic rings. The number of benzene rings is 1. The van der Waals surface area contributed by atoms with Gasteiger partial charge in [0.2, 0.25) is 5.91 Å². The van der Waals surface area contributed by atoms with Crippen molar-refractivity contribution in [1.82, 2.24) is 5.32 Å². The summed E-state index contributed by atoms with van der Waals surface area (Å²) in [6.45, 7) is 0. The normalized spacial score (nSPS) is 18.7. The molecule has 6 heteroatoms. The highest BCUT2D eigenvalue weighted by Gasteiger charge is 2.32. The summed E-state index contributed by atoms with van der Waals surface area (Å²) in [5.41, 5.74) is 0.846. The van der Waals surface area contributed by atoms with Gasteiger partial charge in [-0.1, -0.05) is 23.9 Å². The van der Waals surface area contributed by atoms with Gasteiger partial charge in [0.25, 0.3) is 5.24 Å². The Morgan fingerprint density at radius 3 is 2.61 bits per heavy atom. The maximum Gasteiger partial charge on any atom is 0.286 e. The first-order valence-electron chi connectivity index (χ1n) is 5.37. The smallest absolute Gasteiger partial charge is 0.286 e. The van der Waals surface area contributed by atoms with E-state index in [0.29, 0.717) is 17.9 Å². The Balaban J connectivity index is 2.23. The standard InChI is InChI=1S/C12H13NO4S/c1-16-8-5-3-4-7(10(8)17-2)6-9-11(14)13-12(15)18-9/h3-5,9H,6H2,1-2H3,(H,13,14,15). The third-order valence-corrected chi connectivity index (χ3v) is 3.64. The number of amides is 2. The number of nitrogens with one attached hydrogen (secondary N) is 1. The van der Waals surface area contributed by atoms with Crippen LogP contribution < -0.4 is 14.8 Å². The van der Waals surface area contributed by atoms with Crippen molar-refractivity contribution in [2.45, 2.75) is 11.7 Å². The molecule has 0 saturated carbocycles. The fourth-order valence-electron chi connectivity index (χ4n) is 1.84. The summed E-state index contributed by atoms with van der Waals surface area (Å²) in [7, 11) is 3.11. The van der Waals surface area contributed by atoms with Crippen molar-refractivity contribution in [3.8, 4) is 11.5 Å². The molecule has 1 fully saturated rings. The topological polar surface area (TPSA) is 64.6 Å². The third kappa shape index (κ3) is 2.43. The maximum atomic E-state index is 11.5. The number of methoxy groups -OCH3 is 2. The lowest BCUT2D eigenvalue weighted by molar-refractivity contribution is -0.118. The lowest BCUT2D eigenvalue weighted by Gasteiger charge is -2.13. The zero-order valence-electron chi connectivity index (χ0n) is 10.1. The first kappa shape index (κ1) is 12.8. The van der Waals surface area contributed by atoms with Crippen molar-refractivity contribution in [1.29, 1.82) is 0 Å². The first-order chi connectivity index (χ1) is 8.65. The minimum Gasteiger partial charge on any atom is -0.493 e. The van der Waals surface area contributed by atoms with Crippen molar-refractivity contribution < 1.29 is 19.1 Å². The van der Waals surface area contributed by atoms with E-state index in [1.54, 1.807) is 20.3 Å². The lowest BCUT2D eigenvalue weighted by Crippen LogP contribution is -2.25. The van der Waals surface area contributed by atoms with Gasteiger partial charge in [-0.05, 0) is 18.1 Å². The summed E-state index contributed by atoms with van der Waals surface area (Å²) in [5, 5.41) is 1.56. The van der Waals surface area contributed by atoms with Gasteiger partial charge in [-0.15, -0.1) is 0 Å². The fourth-order valence-corrected chi connectivity index (χ4v) is 2.69. The van der Waals surface area contributed by atoms with Crippen LogP contribution in [0.5, 0.6) is 11.5 Å². The maximum absolute atomic E-state index is 11.5. The molecule has 18 heavy (non-hydrogen) atoms. The Labute approximate surface area is 109 Å². The molecule has 0 bridgehead atoms. The molecule has 1 atom stereocenters. The van der Waals surface area contributed by atoms with E-state index in [-0.39, 0.29) is 11.1 Å². The Bertz CT molecular complexity index is 489. The second-order valence-corrected chi connectivity index (χ2v) is 4.92. The van der Waals surface area contributed by atoms with E-state index in [1.807, 2.05) is 12.1 Å². The second kappa shape index (κ2) is 5.30. The largest absolute Gasteiger partial charge is 0.493 e. The van der Waals surface area contributed by atoms with E-state index in [4.69, 9.17) is 9.47 Å². The molecule has 1 aliphatic rings. The van der Waals surface area contributed by atoms with Gasteiger partial charge < -0.3 is 9.47 Å². The molecule has 1 aliphatic heterocycles. The van der Waals surface area contributed by atoms with Crippen molar-refractivity contribution in [3.63, 3.8) is 0 Å².